The van der Waals surface area contributed by atoms with E-state index >= 15 is 0 Å². The third kappa shape index (κ3) is 6.10. The maximum Gasteiger partial charge on any atom is 0.411 e. The summed E-state index contributed by atoms with van der Waals surface area (Å²) in [5, 5.41) is 0. The monoisotopic (exact) mass is 238 g/mol. The highest BCUT2D eigenvalue weighted by Crippen LogP contribution is 2.27. The van der Waals surface area contributed by atoms with E-state index in [4.69, 9.17) is 0 Å². The van der Waals surface area contributed by atoms with Crippen molar-refractivity contribution in [2.24, 2.45) is 5.92 Å². The zero-order valence-corrected chi connectivity index (χ0v) is 9.18. The molecule has 16 heavy (non-hydrogen) atoms. The zero-order chi connectivity index (χ0) is 12.0. The molecule has 1 rings (SSSR count). The molecular weight excluding hydrogens is 221 g/mol. The molecule has 1 aliphatic carbocycles. The maximum absolute atomic E-state index is 11.7. The maximum atomic E-state index is 11.7. The molecule has 1 fully saturated rings. The average molecular weight is 238 g/mol. The Labute approximate surface area is 93.2 Å². The van der Waals surface area contributed by atoms with Crippen molar-refractivity contribution in [3.8, 4) is 0 Å². The standard InChI is InChI=1S/C11H17F3O2/c12-11(13,14)8-16-6-5-10(15)7-9-3-1-2-4-9/h9H,1-8H2. The summed E-state index contributed by atoms with van der Waals surface area (Å²) in [6, 6.07) is 0. The largest absolute Gasteiger partial charge is 0.411 e. The Morgan fingerprint density at radius 1 is 1.25 bits per heavy atom. The van der Waals surface area contributed by atoms with Crippen LogP contribution in [0.25, 0.3) is 0 Å². The summed E-state index contributed by atoms with van der Waals surface area (Å²) in [5.41, 5.74) is 0. The van der Waals surface area contributed by atoms with E-state index in [2.05, 4.69) is 4.74 Å². The molecule has 94 valence electrons. The summed E-state index contributed by atoms with van der Waals surface area (Å²) < 4.78 is 39.5. The molecule has 1 saturated carbocycles. The zero-order valence-electron chi connectivity index (χ0n) is 9.18. The number of ketones is 1. The number of ether oxygens (including phenoxy) is 1. The molecule has 0 atom stereocenters. The second-order valence-electron chi connectivity index (χ2n) is 4.31. The molecule has 0 heterocycles. The number of Topliss-reactive ketones (excluding diaryl/α,β-unsaturated/α-hetero) is 1. The van der Waals surface area contributed by atoms with Gasteiger partial charge in [0.25, 0.3) is 0 Å². The van der Waals surface area contributed by atoms with Crippen LogP contribution in [0.3, 0.4) is 0 Å². The summed E-state index contributed by atoms with van der Waals surface area (Å²) in [5.74, 6) is 0.476. The molecule has 0 saturated heterocycles. The van der Waals surface area contributed by atoms with E-state index < -0.39 is 12.8 Å². The highest BCUT2D eigenvalue weighted by Gasteiger charge is 2.27. The van der Waals surface area contributed by atoms with Crippen LogP contribution in [-0.4, -0.2) is 25.2 Å². The van der Waals surface area contributed by atoms with Gasteiger partial charge in [-0.05, 0) is 5.92 Å². The molecule has 0 aliphatic heterocycles. The van der Waals surface area contributed by atoms with E-state index in [0.717, 1.165) is 12.8 Å². The first kappa shape index (κ1) is 13.5. The summed E-state index contributed by atoms with van der Waals surface area (Å²) in [6.45, 7) is -1.38. The summed E-state index contributed by atoms with van der Waals surface area (Å²) in [6.07, 6.45) is 0.811. The van der Waals surface area contributed by atoms with Crippen LogP contribution in [0.5, 0.6) is 0 Å². The van der Waals surface area contributed by atoms with Gasteiger partial charge in [-0.25, -0.2) is 0 Å². The quantitative estimate of drug-likeness (QED) is 0.664. The predicted molar refractivity (Wildman–Crippen MR) is 53.1 cm³/mol. The summed E-state index contributed by atoms with van der Waals surface area (Å²) >= 11 is 0. The predicted octanol–water partition coefficient (Wildman–Crippen LogP) is 3.10. The fourth-order valence-corrected chi connectivity index (χ4v) is 2.01. The smallest absolute Gasteiger partial charge is 0.372 e. The lowest BCUT2D eigenvalue weighted by molar-refractivity contribution is -0.174. The second kappa shape index (κ2) is 6.23. The van der Waals surface area contributed by atoms with Gasteiger partial charge in [0.05, 0.1) is 6.61 Å². The lowest BCUT2D eigenvalue weighted by atomic mass is 10.00. The van der Waals surface area contributed by atoms with Crippen molar-refractivity contribution in [3.63, 3.8) is 0 Å². The van der Waals surface area contributed by atoms with Gasteiger partial charge in [-0.15, -0.1) is 0 Å². The van der Waals surface area contributed by atoms with Crippen LogP contribution >= 0.6 is 0 Å². The molecule has 0 bridgehead atoms. The number of carbonyl (C=O) groups excluding carboxylic acids is 1. The Hall–Kier alpha value is -0.580. The van der Waals surface area contributed by atoms with Crippen LogP contribution < -0.4 is 0 Å². The normalized spacial score (nSPS) is 17.9. The SMILES string of the molecule is O=C(CCOCC(F)(F)F)CC1CCCC1. The molecular formula is C11H17F3O2. The molecule has 2 nitrogen and oxygen atoms in total. The molecule has 0 aromatic heterocycles. The third-order valence-electron chi connectivity index (χ3n) is 2.78. The van der Waals surface area contributed by atoms with Crippen molar-refractivity contribution in [2.75, 3.05) is 13.2 Å². The van der Waals surface area contributed by atoms with E-state index in [0.29, 0.717) is 12.3 Å². The van der Waals surface area contributed by atoms with E-state index in [1.807, 2.05) is 0 Å². The minimum Gasteiger partial charge on any atom is -0.372 e. The van der Waals surface area contributed by atoms with Crippen molar-refractivity contribution < 1.29 is 22.7 Å². The van der Waals surface area contributed by atoms with Gasteiger partial charge < -0.3 is 4.74 Å². The third-order valence-corrected chi connectivity index (χ3v) is 2.78. The van der Waals surface area contributed by atoms with Gasteiger partial charge in [-0.2, -0.15) is 13.2 Å². The Morgan fingerprint density at radius 2 is 1.88 bits per heavy atom. The van der Waals surface area contributed by atoms with E-state index in [1.165, 1.54) is 12.8 Å². The number of alkyl halides is 3. The van der Waals surface area contributed by atoms with Crippen LogP contribution in [0, 0.1) is 5.92 Å². The number of halogens is 3. The van der Waals surface area contributed by atoms with Crippen molar-refractivity contribution >= 4 is 5.78 Å². The van der Waals surface area contributed by atoms with Gasteiger partial charge in [0.2, 0.25) is 0 Å². The minimum atomic E-state index is -4.30. The van der Waals surface area contributed by atoms with Gasteiger partial charge >= 0.3 is 6.18 Å². The number of carbonyl (C=O) groups is 1. The number of hydrogen-bond acceptors (Lipinski definition) is 2. The molecule has 5 heteroatoms. The second-order valence-corrected chi connectivity index (χ2v) is 4.31. The summed E-state index contributed by atoms with van der Waals surface area (Å²) in [7, 11) is 0. The first-order valence-electron chi connectivity index (χ1n) is 5.63. The highest BCUT2D eigenvalue weighted by atomic mass is 19.4. The molecule has 0 aromatic carbocycles. The lowest BCUT2D eigenvalue weighted by Crippen LogP contribution is -2.18. The van der Waals surface area contributed by atoms with Gasteiger partial charge in [0, 0.05) is 12.8 Å². The first-order valence-corrected chi connectivity index (χ1v) is 5.63. The van der Waals surface area contributed by atoms with Crippen molar-refractivity contribution in [1.29, 1.82) is 0 Å². The fourth-order valence-electron chi connectivity index (χ4n) is 2.01. The van der Waals surface area contributed by atoms with Crippen molar-refractivity contribution in [3.05, 3.63) is 0 Å². The van der Waals surface area contributed by atoms with Crippen LogP contribution in [0.15, 0.2) is 0 Å². The topological polar surface area (TPSA) is 26.3 Å². The molecule has 0 aromatic rings. The molecule has 0 N–H and O–H groups in total. The molecule has 1 aliphatic rings. The Kier molecular flexibility index (Phi) is 5.25. The van der Waals surface area contributed by atoms with E-state index in [9.17, 15) is 18.0 Å². The van der Waals surface area contributed by atoms with Crippen molar-refractivity contribution in [2.45, 2.75) is 44.7 Å². The first-order chi connectivity index (χ1) is 7.47. The van der Waals surface area contributed by atoms with Gasteiger partial charge in [0.1, 0.15) is 12.4 Å². The van der Waals surface area contributed by atoms with E-state index in [1.54, 1.807) is 0 Å². The van der Waals surface area contributed by atoms with Gasteiger partial charge in [-0.3, -0.25) is 4.79 Å². The lowest BCUT2D eigenvalue weighted by Gasteiger charge is -2.09. The summed E-state index contributed by atoms with van der Waals surface area (Å²) in [4.78, 5) is 11.4. The Bertz CT molecular complexity index is 220. The van der Waals surface area contributed by atoms with Crippen LogP contribution in [-0.2, 0) is 9.53 Å². The number of rotatable bonds is 6. The molecule has 0 spiro atoms. The molecule has 0 unspecified atom stereocenters. The molecule has 0 amide bonds. The van der Waals surface area contributed by atoms with Gasteiger partial charge in [-0.1, -0.05) is 25.7 Å². The minimum absolute atomic E-state index is 0.0223. The Balaban J connectivity index is 2.02. The van der Waals surface area contributed by atoms with E-state index in [-0.39, 0.29) is 18.8 Å². The van der Waals surface area contributed by atoms with Crippen LogP contribution in [0.4, 0.5) is 13.2 Å². The highest BCUT2D eigenvalue weighted by molar-refractivity contribution is 5.78. The molecule has 0 radical (unpaired) electrons. The van der Waals surface area contributed by atoms with Crippen molar-refractivity contribution in [1.82, 2.24) is 0 Å². The van der Waals surface area contributed by atoms with Crippen LogP contribution in [0.2, 0.25) is 0 Å². The number of hydrogen-bond donors (Lipinski definition) is 0. The van der Waals surface area contributed by atoms with Gasteiger partial charge in [0.15, 0.2) is 0 Å². The van der Waals surface area contributed by atoms with Crippen LogP contribution in [0.1, 0.15) is 38.5 Å². The average Bonchev–Trinajstić information content (AvgIpc) is 2.63. The Morgan fingerprint density at radius 3 is 2.44 bits per heavy atom. The fraction of sp³-hybridized carbons (Fsp3) is 0.909.